The van der Waals surface area contributed by atoms with Crippen LogP contribution in [0.3, 0.4) is 0 Å². The number of aromatic carboxylic acids is 1. The maximum atomic E-state index is 11.6. The van der Waals surface area contributed by atoms with Gasteiger partial charge in [0.25, 0.3) is 0 Å². The Balaban J connectivity index is 3.32. The van der Waals surface area contributed by atoms with Gasteiger partial charge in [-0.1, -0.05) is 0 Å². The lowest BCUT2D eigenvalue weighted by molar-refractivity contribution is 0.0696. The minimum atomic E-state index is -1.20. The van der Waals surface area contributed by atoms with E-state index in [0.717, 1.165) is 12.1 Å². The number of carboxylic acids is 1. The highest BCUT2D eigenvalue weighted by atomic mass is 16.5. The molecule has 0 aliphatic carbocycles. The zero-order valence-electron chi connectivity index (χ0n) is 9.27. The SMILES string of the molecule is COc1cc(C(=O)O)cc(C(=O)CCN)c1O. The molecule has 0 amide bonds. The summed E-state index contributed by atoms with van der Waals surface area (Å²) in [7, 11) is 1.28. The maximum absolute atomic E-state index is 11.6. The van der Waals surface area contributed by atoms with Gasteiger partial charge in [-0.05, 0) is 18.7 Å². The molecule has 0 bridgehead atoms. The molecule has 0 saturated heterocycles. The van der Waals surface area contributed by atoms with Crippen LogP contribution >= 0.6 is 0 Å². The number of ketones is 1. The van der Waals surface area contributed by atoms with Gasteiger partial charge in [0.2, 0.25) is 0 Å². The van der Waals surface area contributed by atoms with Crippen molar-refractivity contribution in [2.24, 2.45) is 5.73 Å². The lowest BCUT2D eigenvalue weighted by Gasteiger charge is -2.09. The Bertz CT molecular complexity index is 455. The highest BCUT2D eigenvalue weighted by Crippen LogP contribution is 2.32. The van der Waals surface area contributed by atoms with Crippen LogP contribution in [0.4, 0.5) is 0 Å². The van der Waals surface area contributed by atoms with Crippen molar-refractivity contribution < 1.29 is 24.5 Å². The minimum Gasteiger partial charge on any atom is -0.504 e. The van der Waals surface area contributed by atoms with Gasteiger partial charge in [-0.3, -0.25) is 4.79 Å². The molecule has 0 saturated carbocycles. The second-order valence-corrected chi connectivity index (χ2v) is 3.34. The van der Waals surface area contributed by atoms with Gasteiger partial charge in [0, 0.05) is 6.42 Å². The second kappa shape index (κ2) is 5.31. The molecule has 1 aromatic rings. The molecule has 0 unspecified atom stereocenters. The van der Waals surface area contributed by atoms with Gasteiger partial charge in [-0.15, -0.1) is 0 Å². The number of phenolic OH excluding ortho intramolecular Hbond substituents is 1. The fourth-order valence-corrected chi connectivity index (χ4v) is 1.37. The van der Waals surface area contributed by atoms with Crippen LogP contribution < -0.4 is 10.5 Å². The Morgan fingerprint density at radius 2 is 2.06 bits per heavy atom. The summed E-state index contributed by atoms with van der Waals surface area (Å²) in [5, 5.41) is 18.6. The number of nitrogens with two attached hydrogens (primary N) is 1. The molecule has 0 spiro atoms. The molecular formula is C11H13NO5. The van der Waals surface area contributed by atoms with Crippen molar-refractivity contribution in [2.75, 3.05) is 13.7 Å². The van der Waals surface area contributed by atoms with Crippen LogP contribution in [0, 0.1) is 0 Å². The molecular weight excluding hydrogens is 226 g/mol. The molecule has 4 N–H and O–H groups in total. The van der Waals surface area contributed by atoms with Gasteiger partial charge in [0.1, 0.15) is 0 Å². The van der Waals surface area contributed by atoms with Crippen molar-refractivity contribution in [3.8, 4) is 11.5 Å². The van der Waals surface area contributed by atoms with Crippen molar-refractivity contribution in [1.29, 1.82) is 0 Å². The van der Waals surface area contributed by atoms with E-state index in [-0.39, 0.29) is 35.6 Å². The molecule has 1 aromatic carbocycles. The van der Waals surface area contributed by atoms with E-state index in [1.54, 1.807) is 0 Å². The second-order valence-electron chi connectivity index (χ2n) is 3.34. The number of phenols is 1. The molecule has 92 valence electrons. The predicted octanol–water partition coefficient (Wildman–Crippen LogP) is 0.630. The molecule has 0 aliphatic rings. The van der Waals surface area contributed by atoms with Crippen LogP contribution in [-0.4, -0.2) is 35.6 Å². The van der Waals surface area contributed by atoms with Crippen LogP contribution in [0.2, 0.25) is 0 Å². The number of Topliss-reactive ketones (excluding diaryl/α,β-unsaturated/α-hetero) is 1. The Morgan fingerprint density at radius 1 is 1.41 bits per heavy atom. The van der Waals surface area contributed by atoms with Crippen LogP contribution in [0.5, 0.6) is 11.5 Å². The van der Waals surface area contributed by atoms with Crippen LogP contribution in [-0.2, 0) is 0 Å². The van der Waals surface area contributed by atoms with Crippen LogP contribution in [0.25, 0.3) is 0 Å². The highest BCUT2D eigenvalue weighted by Gasteiger charge is 2.18. The van der Waals surface area contributed by atoms with E-state index in [2.05, 4.69) is 0 Å². The Morgan fingerprint density at radius 3 is 2.53 bits per heavy atom. The first-order valence-electron chi connectivity index (χ1n) is 4.88. The summed E-state index contributed by atoms with van der Waals surface area (Å²) in [5.41, 5.74) is 5.02. The zero-order valence-corrected chi connectivity index (χ0v) is 9.27. The van der Waals surface area contributed by atoms with Crippen molar-refractivity contribution >= 4 is 11.8 Å². The number of carbonyl (C=O) groups is 2. The predicted molar refractivity (Wildman–Crippen MR) is 59.6 cm³/mol. The summed E-state index contributed by atoms with van der Waals surface area (Å²) >= 11 is 0. The van der Waals surface area contributed by atoms with Crippen molar-refractivity contribution in [1.82, 2.24) is 0 Å². The van der Waals surface area contributed by atoms with Gasteiger partial charge in [0.15, 0.2) is 17.3 Å². The zero-order chi connectivity index (χ0) is 13.0. The minimum absolute atomic E-state index is 0.0276. The molecule has 6 nitrogen and oxygen atoms in total. The van der Waals surface area contributed by atoms with Crippen LogP contribution in [0.15, 0.2) is 12.1 Å². The first-order chi connectivity index (χ1) is 8.01. The lowest BCUT2D eigenvalue weighted by Crippen LogP contribution is -2.10. The molecule has 0 aliphatic heterocycles. The van der Waals surface area contributed by atoms with Gasteiger partial charge < -0.3 is 20.7 Å². The summed E-state index contributed by atoms with van der Waals surface area (Å²) < 4.78 is 4.81. The average Bonchev–Trinajstić information content (AvgIpc) is 2.29. The van der Waals surface area contributed by atoms with E-state index in [1.165, 1.54) is 7.11 Å². The smallest absolute Gasteiger partial charge is 0.335 e. The molecule has 0 fully saturated rings. The molecule has 0 atom stereocenters. The van der Waals surface area contributed by atoms with Gasteiger partial charge in [0.05, 0.1) is 18.2 Å². The first kappa shape index (κ1) is 13.0. The van der Waals surface area contributed by atoms with Crippen LogP contribution in [0.1, 0.15) is 27.1 Å². The van der Waals surface area contributed by atoms with E-state index in [9.17, 15) is 14.7 Å². The third-order valence-electron chi connectivity index (χ3n) is 2.21. The van der Waals surface area contributed by atoms with Crippen molar-refractivity contribution in [3.05, 3.63) is 23.3 Å². The molecule has 0 radical (unpaired) electrons. The number of methoxy groups -OCH3 is 1. The third-order valence-corrected chi connectivity index (χ3v) is 2.21. The Labute approximate surface area is 97.6 Å². The summed E-state index contributed by atoms with van der Waals surface area (Å²) in [4.78, 5) is 22.5. The lowest BCUT2D eigenvalue weighted by atomic mass is 10.0. The maximum Gasteiger partial charge on any atom is 0.335 e. The van der Waals surface area contributed by atoms with Crippen molar-refractivity contribution in [2.45, 2.75) is 6.42 Å². The molecule has 0 heterocycles. The third kappa shape index (κ3) is 2.73. The summed E-state index contributed by atoms with van der Waals surface area (Å²) in [5.74, 6) is -2.04. The number of rotatable bonds is 5. The molecule has 0 aromatic heterocycles. The Hall–Kier alpha value is -2.08. The number of ether oxygens (including phenoxy) is 1. The summed E-state index contributed by atoms with van der Waals surface area (Å²) in [6, 6.07) is 2.26. The number of hydrogen-bond donors (Lipinski definition) is 3. The standard InChI is InChI=1S/C11H13NO5/c1-17-9-5-6(11(15)16)4-7(10(9)14)8(13)2-3-12/h4-5,14H,2-3,12H2,1H3,(H,15,16). The number of benzene rings is 1. The molecule has 6 heteroatoms. The van der Waals surface area contributed by atoms with E-state index in [4.69, 9.17) is 15.6 Å². The van der Waals surface area contributed by atoms with E-state index < -0.39 is 11.8 Å². The fraction of sp³-hybridized carbons (Fsp3) is 0.273. The quantitative estimate of drug-likeness (QED) is 0.650. The normalized spacial score (nSPS) is 10.0. The molecule has 1 rings (SSSR count). The largest absolute Gasteiger partial charge is 0.504 e. The number of aromatic hydroxyl groups is 1. The first-order valence-corrected chi connectivity index (χ1v) is 4.88. The van der Waals surface area contributed by atoms with Gasteiger partial charge in [-0.25, -0.2) is 4.79 Å². The van der Waals surface area contributed by atoms with E-state index in [1.807, 2.05) is 0 Å². The number of carbonyl (C=O) groups excluding carboxylic acids is 1. The number of hydrogen-bond acceptors (Lipinski definition) is 5. The van der Waals surface area contributed by atoms with Gasteiger partial charge in [-0.2, -0.15) is 0 Å². The number of carboxylic acid groups (broad SMARTS) is 1. The topological polar surface area (TPSA) is 110 Å². The Kier molecular flexibility index (Phi) is 4.06. The summed E-state index contributed by atoms with van der Waals surface area (Å²) in [6.07, 6.45) is 0.0276. The molecule has 17 heavy (non-hydrogen) atoms. The highest BCUT2D eigenvalue weighted by molar-refractivity contribution is 6.02. The average molecular weight is 239 g/mol. The van der Waals surface area contributed by atoms with Crippen molar-refractivity contribution in [3.63, 3.8) is 0 Å². The monoisotopic (exact) mass is 239 g/mol. The van der Waals surface area contributed by atoms with E-state index >= 15 is 0 Å². The van der Waals surface area contributed by atoms with E-state index in [0.29, 0.717) is 0 Å². The van der Waals surface area contributed by atoms with Gasteiger partial charge >= 0.3 is 5.97 Å². The fourth-order valence-electron chi connectivity index (χ4n) is 1.37. The summed E-state index contributed by atoms with van der Waals surface area (Å²) in [6.45, 7) is 0.123.